The first kappa shape index (κ1) is 16.8. The molecule has 0 saturated carbocycles. The minimum absolute atomic E-state index is 0.122. The SMILES string of the molecule is COc1cccc(C2CC(NC(=O)C(C)(C)C)CN(C)C2)c1. The van der Waals surface area contributed by atoms with Crippen LogP contribution in [0.3, 0.4) is 0 Å². The number of carbonyl (C=O) groups excluding carboxylic acids is 1. The molecule has 1 aliphatic rings. The van der Waals surface area contributed by atoms with E-state index >= 15 is 0 Å². The zero-order valence-electron chi connectivity index (χ0n) is 14.3. The van der Waals surface area contributed by atoms with Crippen LogP contribution in [0, 0.1) is 5.41 Å². The summed E-state index contributed by atoms with van der Waals surface area (Å²) in [7, 11) is 3.81. The van der Waals surface area contributed by atoms with Crippen molar-refractivity contribution in [2.24, 2.45) is 5.41 Å². The molecule has 1 aromatic carbocycles. The van der Waals surface area contributed by atoms with Gasteiger partial charge < -0.3 is 15.0 Å². The van der Waals surface area contributed by atoms with Crippen LogP contribution in [0.1, 0.15) is 38.7 Å². The van der Waals surface area contributed by atoms with Gasteiger partial charge in [0.05, 0.1) is 7.11 Å². The Bertz CT molecular complexity index is 522. The second kappa shape index (κ2) is 6.69. The number of ether oxygens (including phenoxy) is 1. The van der Waals surface area contributed by atoms with Gasteiger partial charge >= 0.3 is 0 Å². The average molecular weight is 304 g/mol. The molecule has 22 heavy (non-hydrogen) atoms. The van der Waals surface area contributed by atoms with Crippen LogP contribution < -0.4 is 10.1 Å². The van der Waals surface area contributed by atoms with Crippen molar-refractivity contribution in [1.82, 2.24) is 10.2 Å². The first-order valence-corrected chi connectivity index (χ1v) is 7.93. The fraction of sp³-hybridized carbons (Fsp3) is 0.611. The van der Waals surface area contributed by atoms with Crippen LogP contribution in [0.2, 0.25) is 0 Å². The molecule has 1 saturated heterocycles. The summed E-state index contributed by atoms with van der Waals surface area (Å²) in [6.45, 7) is 7.77. The predicted octanol–water partition coefficient (Wildman–Crippen LogP) is 2.65. The Hall–Kier alpha value is -1.55. The highest BCUT2D eigenvalue weighted by Gasteiger charge is 2.30. The predicted molar refractivity (Wildman–Crippen MR) is 89.2 cm³/mol. The highest BCUT2D eigenvalue weighted by atomic mass is 16.5. The van der Waals surface area contributed by atoms with Crippen molar-refractivity contribution >= 4 is 5.91 Å². The topological polar surface area (TPSA) is 41.6 Å². The van der Waals surface area contributed by atoms with Crippen molar-refractivity contribution in [2.45, 2.75) is 39.2 Å². The first-order valence-electron chi connectivity index (χ1n) is 7.93. The number of piperidine rings is 1. The second-order valence-corrected chi connectivity index (χ2v) is 7.35. The van der Waals surface area contributed by atoms with E-state index in [-0.39, 0.29) is 17.4 Å². The van der Waals surface area contributed by atoms with Gasteiger partial charge in [-0.25, -0.2) is 0 Å². The summed E-state index contributed by atoms with van der Waals surface area (Å²) < 4.78 is 5.33. The molecule has 1 aromatic rings. The molecule has 1 N–H and O–H groups in total. The molecule has 4 nitrogen and oxygen atoms in total. The van der Waals surface area contributed by atoms with Gasteiger partial charge in [-0.05, 0) is 37.1 Å². The van der Waals surface area contributed by atoms with E-state index in [1.807, 2.05) is 32.9 Å². The van der Waals surface area contributed by atoms with E-state index in [9.17, 15) is 4.79 Å². The van der Waals surface area contributed by atoms with E-state index in [0.29, 0.717) is 5.92 Å². The molecule has 2 rings (SSSR count). The zero-order valence-corrected chi connectivity index (χ0v) is 14.3. The van der Waals surface area contributed by atoms with Crippen LogP contribution in [-0.2, 0) is 4.79 Å². The van der Waals surface area contributed by atoms with Crippen LogP contribution >= 0.6 is 0 Å². The number of hydrogen-bond donors (Lipinski definition) is 1. The Labute approximate surface area is 133 Å². The number of likely N-dealkylation sites (tertiary alicyclic amines) is 1. The molecule has 2 unspecified atom stereocenters. The van der Waals surface area contributed by atoms with E-state index in [1.165, 1.54) is 5.56 Å². The number of methoxy groups -OCH3 is 1. The first-order chi connectivity index (χ1) is 10.3. The van der Waals surface area contributed by atoms with E-state index in [1.54, 1.807) is 7.11 Å². The largest absolute Gasteiger partial charge is 0.497 e. The standard InChI is InChI=1S/C18H28N2O2/c1-18(2,3)17(21)19-15-9-14(11-20(4)12-15)13-7-6-8-16(10-13)22-5/h6-8,10,14-15H,9,11-12H2,1-5H3,(H,19,21). The number of likely N-dealkylation sites (N-methyl/N-ethyl adjacent to an activating group) is 1. The Balaban J connectivity index is 2.09. The molecule has 2 atom stereocenters. The summed E-state index contributed by atoms with van der Waals surface area (Å²) in [4.78, 5) is 14.5. The Morgan fingerprint density at radius 3 is 2.68 bits per heavy atom. The molecular formula is C18H28N2O2. The Morgan fingerprint density at radius 2 is 2.05 bits per heavy atom. The number of nitrogens with one attached hydrogen (secondary N) is 1. The van der Waals surface area contributed by atoms with Crippen molar-refractivity contribution in [3.8, 4) is 5.75 Å². The van der Waals surface area contributed by atoms with Crippen molar-refractivity contribution in [1.29, 1.82) is 0 Å². The van der Waals surface area contributed by atoms with Gasteiger partial charge in [0.15, 0.2) is 0 Å². The number of benzene rings is 1. The van der Waals surface area contributed by atoms with Crippen LogP contribution in [0.25, 0.3) is 0 Å². The molecule has 1 amide bonds. The molecule has 0 radical (unpaired) electrons. The maximum absolute atomic E-state index is 12.2. The molecule has 1 heterocycles. The smallest absolute Gasteiger partial charge is 0.225 e. The molecule has 0 aromatic heterocycles. The lowest BCUT2D eigenvalue weighted by Crippen LogP contribution is -2.51. The third-order valence-electron chi connectivity index (χ3n) is 4.21. The van der Waals surface area contributed by atoms with E-state index < -0.39 is 0 Å². The summed E-state index contributed by atoms with van der Waals surface area (Å²) in [5, 5.41) is 3.21. The maximum Gasteiger partial charge on any atom is 0.225 e. The summed E-state index contributed by atoms with van der Waals surface area (Å²) in [5.74, 6) is 1.43. The fourth-order valence-corrected chi connectivity index (χ4v) is 2.96. The van der Waals surface area contributed by atoms with E-state index in [0.717, 1.165) is 25.3 Å². The highest BCUT2D eigenvalue weighted by Crippen LogP contribution is 2.29. The van der Waals surface area contributed by atoms with Gasteiger partial charge in [0.25, 0.3) is 0 Å². The van der Waals surface area contributed by atoms with Crippen molar-refractivity contribution in [2.75, 3.05) is 27.2 Å². The third-order valence-corrected chi connectivity index (χ3v) is 4.21. The molecule has 0 spiro atoms. The highest BCUT2D eigenvalue weighted by molar-refractivity contribution is 5.81. The second-order valence-electron chi connectivity index (χ2n) is 7.35. The molecule has 122 valence electrons. The van der Waals surface area contributed by atoms with Gasteiger partial charge in [-0.1, -0.05) is 32.9 Å². The zero-order chi connectivity index (χ0) is 16.3. The number of hydrogen-bond acceptors (Lipinski definition) is 3. The quantitative estimate of drug-likeness (QED) is 0.933. The fourth-order valence-electron chi connectivity index (χ4n) is 2.96. The molecule has 1 fully saturated rings. The van der Waals surface area contributed by atoms with E-state index in [2.05, 4.69) is 29.4 Å². The van der Waals surface area contributed by atoms with Gasteiger partial charge in [-0.3, -0.25) is 4.79 Å². The molecule has 0 bridgehead atoms. The molecular weight excluding hydrogens is 276 g/mol. The van der Waals surface area contributed by atoms with Gasteiger partial charge in [0, 0.05) is 24.5 Å². The minimum Gasteiger partial charge on any atom is -0.497 e. The normalized spacial score (nSPS) is 23.1. The molecule has 4 heteroatoms. The summed E-state index contributed by atoms with van der Waals surface area (Å²) in [5.41, 5.74) is 0.933. The molecule has 1 aliphatic heterocycles. The lowest BCUT2D eigenvalue weighted by Gasteiger charge is -2.37. The average Bonchev–Trinajstić information content (AvgIpc) is 2.45. The summed E-state index contributed by atoms with van der Waals surface area (Å²) >= 11 is 0. The molecule has 0 aliphatic carbocycles. The maximum atomic E-state index is 12.2. The van der Waals surface area contributed by atoms with Crippen molar-refractivity contribution < 1.29 is 9.53 Å². The Morgan fingerprint density at radius 1 is 1.32 bits per heavy atom. The number of amides is 1. The Kier molecular flexibility index (Phi) is 5.12. The lowest BCUT2D eigenvalue weighted by molar-refractivity contribution is -0.129. The van der Waals surface area contributed by atoms with Crippen LogP contribution in [0.4, 0.5) is 0 Å². The van der Waals surface area contributed by atoms with Crippen LogP contribution in [0.5, 0.6) is 5.75 Å². The lowest BCUT2D eigenvalue weighted by atomic mass is 9.87. The monoisotopic (exact) mass is 304 g/mol. The number of carbonyl (C=O) groups is 1. The van der Waals surface area contributed by atoms with Crippen LogP contribution in [0.15, 0.2) is 24.3 Å². The van der Waals surface area contributed by atoms with Gasteiger partial charge in [-0.2, -0.15) is 0 Å². The van der Waals surface area contributed by atoms with Gasteiger partial charge in [-0.15, -0.1) is 0 Å². The number of nitrogens with zero attached hydrogens (tertiary/aromatic N) is 1. The third kappa shape index (κ3) is 4.23. The van der Waals surface area contributed by atoms with Crippen molar-refractivity contribution in [3.05, 3.63) is 29.8 Å². The minimum atomic E-state index is -0.346. The van der Waals surface area contributed by atoms with Gasteiger partial charge in [0.1, 0.15) is 5.75 Å². The van der Waals surface area contributed by atoms with Crippen LogP contribution in [-0.4, -0.2) is 44.1 Å². The van der Waals surface area contributed by atoms with Gasteiger partial charge in [0.2, 0.25) is 5.91 Å². The van der Waals surface area contributed by atoms with E-state index in [4.69, 9.17) is 4.74 Å². The summed E-state index contributed by atoms with van der Waals surface area (Å²) in [6, 6.07) is 8.45. The number of rotatable bonds is 3. The van der Waals surface area contributed by atoms with Crippen molar-refractivity contribution in [3.63, 3.8) is 0 Å². The summed E-state index contributed by atoms with van der Waals surface area (Å²) in [6.07, 6.45) is 0.972.